The number of hydrogen-bond acceptors (Lipinski definition) is 3. The minimum Gasteiger partial charge on any atom is -0.361 e. The fourth-order valence-electron chi connectivity index (χ4n) is 2.32. The average molecular weight is 332 g/mol. The Hall–Kier alpha value is -1.70. The lowest BCUT2D eigenvalue weighted by Gasteiger charge is -2.31. The van der Waals surface area contributed by atoms with Gasteiger partial charge in [0.05, 0.1) is 5.56 Å². The predicted molar refractivity (Wildman–Crippen MR) is 76.1 cm³/mol. The minimum atomic E-state index is -4.38. The zero-order valence-corrected chi connectivity index (χ0v) is 12.4. The second-order valence-corrected chi connectivity index (χ2v) is 6.31. The predicted octanol–water partition coefficient (Wildman–Crippen LogP) is 2.27. The van der Waals surface area contributed by atoms with Gasteiger partial charge in [-0.3, -0.25) is 9.59 Å². The summed E-state index contributed by atoms with van der Waals surface area (Å²) in [6, 6.07) is 5.45. The Bertz CT molecular complexity index is 569. The maximum atomic E-state index is 12.9. The Labute approximate surface area is 129 Å². The van der Waals surface area contributed by atoms with E-state index in [0.29, 0.717) is 25.9 Å². The monoisotopic (exact) mass is 332 g/mol. The van der Waals surface area contributed by atoms with E-state index in [1.54, 1.807) is 6.07 Å². The zero-order valence-electron chi connectivity index (χ0n) is 11.6. The number of rotatable bonds is 2. The zero-order chi connectivity index (χ0) is 16.3. The van der Waals surface area contributed by atoms with Gasteiger partial charge in [0.1, 0.15) is 0 Å². The van der Waals surface area contributed by atoms with E-state index >= 15 is 0 Å². The number of alkyl halides is 3. The molecule has 120 valence electrons. The molecule has 2 amide bonds. The highest BCUT2D eigenvalue weighted by Gasteiger charge is 2.34. The van der Waals surface area contributed by atoms with Gasteiger partial charge in [-0.25, -0.2) is 0 Å². The van der Waals surface area contributed by atoms with Gasteiger partial charge >= 0.3 is 18.0 Å². The van der Waals surface area contributed by atoms with Crippen LogP contribution in [-0.4, -0.2) is 35.1 Å². The van der Waals surface area contributed by atoms with Crippen molar-refractivity contribution in [3.05, 3.63) is 29.8 Å². The van der Waals surface area contributed by atoms with Crippen molar-refractivity contribution in [3.8, 4) is 0 Å². The third-order valence-corrected chi connectivity index (χ3v) is 4.84. The molecule has 2 N–H and O–H groups in total. The first-order valence-corrected chi connectivity index (χ1v) is 7.58. The fraction of sp³-hybridized carbons (Fsp3) is 0.429. The number of likely N-dealkylation sites (tertiary alicyclic amines) is 1. The fourth-order valence-corrected chi connectivity index (χ4v) is 3.59. The van der Waals surface area contributed by atoms with Crippen LogP contribution < -0.4 is 5.73 Å². The number of amides is 2. The summed E-state index contributed by atoms with van der Waals surface area (Å²) in [7, 11) is 0. The smallest absolute Gasteiger partial charge is 0.361 e. The number of carbonyl (C=O) groups is 2. The second-order valence-electron chi connectivity index (χ2n) is 4.97. The Morgan fingerprint density at radius 3 is 2.32 bits per heavy atom. The highest BCUT2D eigenvalue weighted by molar-refractivity contribution is 8.00. The van der Waals surface area contributed by atoms with E-state index in [-0.39, 0.29) is 10.1 Å². The van der Waals surface area contributed by atoms with Crippen molar-refractivity contribution < 1.29 is 22.8 Å². The molecule has 0 bridgehead atoms. The number of piperidine rings is 1. The van der Waals surface area contributed by atoms with Crippen LogP contribution >= 0.6 is 11.8 Å². The van der Waals surface area contributed by atoms with Gasteiger partial charge < -0.3 is 10.6 Å². The summed E-state index contributed by atoms with van der Waals surface area (Å²) < 4.78 is 38.8. The van der Waals surface area contributed by atoms with Crippen LogP contribution in [0.2, 0.25) is 0 Å². The molecule has 1 heterocycles. The van der Waals surface area contributed by atoms with Crippen LogP contribution in [0.5, 0.6) is 0 Å². The molecule has 0 unspecified atom stereocenters. The normalized spacial score (nSPS) is 16.6. The summed E-state index contributed by atoms with van der Waals surface area (Å²) in [6.45, 7) is 0.654. The van der Waals surface area contributed by atoms with Gasteiger partial charge in [-0.05, 0) is 25.0 Å². The standard InChI is InChI=1S/C14H15F3N2O2S/c15-14(16,17)10-3-1-2-4-11(10)22-9-5-7-19(8-6-9)13(21)12(18)20/h1-4,9H,5-8H2,(H2,18,20). The van der Waals surface area contributed by atoms with Crippen LogP contribution in [0, 0.1) is 0 Å². The van der Waals surface area contributed by atoms with Crippen molar-refractivity contribution in [1.29, 1.82) is 0 Å². The lowest BCUT2D eigenvalue weighted by atomic mass is 10.1. The van der Waals surface area contributed by atoms with E-state index in [9.17, 15) is 22.8 Å². The van der Waals surface area contributed by atoms with Crippen molar-refractivity contribution in [2.45, 2.75) is 29.2 Å². The molecular weight excluding hydrogens is 317 g/mol. The first kappa shape index (κ1) is 16.7. The van der Waals surface area contributed by atoms with E-state index < -0.39 is 23.6 Å². The molecule has 0 spiro atoms. The van der Waals surface area contributed by atoms with Crippen LogP contribution in [0.15, 0.2) is 29.2 Å². The van der Waals surface area contributed by atoms with Crippen LogP contribution in [0.4, 0.5) is 13.2 Å². The first-order chi connectivity index (χ1) is 10.3. The van der Waals surface area contributed by atoms with E-state index in [2.05, 4.69) is 0 Å². The molecule has 0 atom stereocenters. The van der Waals surface area contributed by atoms with Crippen molar-refractivity contribution >= 4 is 23.6 Å². The lowest BCUT2D eigenvalue weighted by Crippen LogP contribution is -2.45. The number of primary amides is 1. The average Bonchev–Trinajstić information content (AvgIpc) is 2.46. The Morgan fingerprint density at radius 2 is 1.77 bits per heavy atom. The summed E-state index contributed by atoms with van der Waals surface area (Å²) >= 11 is 1.17. The summed E-state index contributed by atoms with van der Waals surface area (Å²) in [5.41, 5.74) is 4.29. The van der Waals surface area contributed by atoms with Crippen molar-refractivity contribution in [3.63, 3.8) is 0 Å². The quantitative estimate of drug-likeness (QED) is 0.845. The van der Waals surface area contributed by atoms with Gasteiger partial charge in [-0.15, -0.1) is 11.8 Å². The Balaban J connectivity index is 2.00. The molecule has 1 aliphatic rings. The van der Waals surface area contributed by atoms with Gasteiger partial charge in [-0.2, -0.15) is 13.2 Å². The summed E-state index contributed by atoms with van der Waals surface area (Å²) in [4.78, 5) is 23.8. The Kier molecular flexibility index (Phi) is 5.00. The second kappa shape index (κ2) is 6.60. The molecule has 1 aromatic rings. The van der Waals surface area contributed by atoms with E-state index in [1.165, 1.54) is 28.8 Å². The van der Waals surface area contributed by atoms with Crippen LogP contribution in [0.1, 0.15) is 18.4 Å². The molecule has 1 fully saturated rings. The van der Waals surface area contributed by atoms with Crippen molar-refractivity contribution in [1.82, 2.24) is 4.90 Å². The molecule has 0 saturated carbocycles. The lowest BCUT2D eigenvalue weighted by molar-refractivity contribution is -0.144. The largest absolute Gasteiger partial charge is 0.417 e. The summed E-state index contributed by atoms with van der Waals surface area (Å²) in [5.74, 6) is -1.74. The molecule has 1 aliphatic heterocycles. The third-order valence-electron chi connectivity index (χ3n) is 3.43. The molecular formula is C14H15F3N2O2S. The van der Waals surface area contributed by atoms with Gasteiger partial charge in [-0.1, -0.05) is 12.1 Å². The minimum absolute atomic E-state index is 0.0274. The van der Waals surface area contributed by atoms with Crippen molar-refractivity contribution in [2.75, 3.05) is 13.1 Å². The van der Waals surface area contributed by atoms with Crippen molar-refractivity contribution in [2.24, 2.45) is 5.73 Å². The van der Waals surface area contributed by atoms with Gasteiger partial charge in [0, 0.05) is 23.2 Å². The number of halogens is 3. The molecule has 0 aromatic heterocycles. The third kappa shape index (κ3) is 3.94. The Morgan fingerprint density at radius 1 is 1.18 bits per heavy atom. The van der Waals surface area contributed by atoms with Crippen LogP contribution in [-0.2, 0) is 15.8 Å². The SMILES string of the molecule is NC(=O)C(=O)N1CCC(Sc2ccccc2C(F)(F)F)CC1. The van der Waals surface area contributed by atoms with E-state index in [4.69, 9.17) is 5.73 Å². The summed E-state index contributed by atoms with van der Waals surface area (Å²) in [5, 5.41) is -0.0274. The number of benzene rings is 1. The maximum absolute atomic E-state index is 12.9. The van der Waals surface area contributed by atoms with E-state index in [0.717, 1.165) is 6.07 Å². The van der Waals surface area contributed by atoms with Gasteiger partial charge in [0.25, 0.3) is 0 Å². The molecule has 2 rings (SSSR count). The number of nitrogens with two attached hydrogens (primary N) is 1. The number of carbonyl (C=O) groups excluding carboxylic acids is 2. The molecule has 22 heavy (non-hydrogen) atoms. The van der Waals surface area contributed by atoms with Gasteiger partial charge in [0.2, 0.25) is 0 Å². The molecule has 8 heteroatoms. The molecule has 0 radical (unpaired) electrons. The van der Waals surface area contributed by atoms with Crippen LogP contribution in [0.25, 0.3) is 0 Å². The maximum Gasteiger partial charge on any atom is 0.417 e. The molecule has 1 aromatic carbocycles. The first-order valence-electron chi connectivity index (χ1n) is 6.70. The highest BCUT2D eigenvalue weighted by Crippen LogP contribution is 2.39. The number of nitrogens with zero attached hydrogens (tertiary/aromatic N) is 1. The highest BCUT2D eigenvalue weighted by atomic mass is 32.2. The van der Waals surface area contributed by atoms with Crippen LogP contribution in [0.3, 0.4) is 0 Å². The molecule has 0 aliphatic carbocycles. The topological polar surface area (TPSA) is 63.4 Å². The number of hydrogen-bond donors (Lipinski definition) is 1. The number of thioether (sulfide) groups is 1. The molecule has 1 saturated heterocycles. The molecule has 4 nitrogen and oxygen atoms in total. The summed E-state index contributed by atoms with van der Waals surface area (Å²) in [6.07, 6.45) is -3.34. The van der Waals surface area contributed by atoms with E-state index in [1.807, 2.05) is 0 Å². The van der Waals surface area contributed by atoms with Gasteiger partial charge in [0.15, 0.2) is 0 Å².